The standard InChI is InChI=1S/C17H19F3N4O/c1-9-7-13(21)23-24-14(9)11-6-5-10(17(18,19)20)8-12(11)22-15(25)16(2,3)4/h5-8H,1-4H3,(H2,21,23)(H,22,25). The number of carbonyl (C=O) groups excluding carboxylic acids is 1. The number of carbonyl (C=O) groups is 1. The Morgan fingerprint density at radius 2 is 1.76 bits per heavy atom. The Hall–Kier alpha value is -2.64. The molecule has 0 aliphatic carbocycles. The zero-order valence-electron chi connectivity index (χ0n) is 14.3. The van der Waals surface area contributed by atoms with E-state index in [9.17, 15) is 18.0 Å². The van der Waals surface area contributed by atoms with Crippen molar-refractivity contribution in [2.75, 3.05) is 11.1 Å². The first kappa shape index (κ1) is 18.7. The van der Waals surface area contributed by atoms with Gasteiger partial charge < -0.3 is 11.1 Å². The highest BCUT2D eigenvalue weighted by Gasteiger charge is 2.32. The Labute approximate surface area is 143 Å². The SMILES string of the molecule is Cc1cc(N)nnc1-c1ccc(C(F)(F)F)cc1NC(=O)C(C)(C)C. The number of amides is 1. The molecule has 8 heteroatoms. The van der Waals surface area contributed by atoms with Crippen LogP contribution in [0.15, 0.2) is 24.3 Å². The van der Waals surface area contributed by atoms with Crippen molar-refractivity contribution in [2.45, 2.75) is 33.9 Å². The summed E-state index contributed by atoms with van der Waals surface area (Å²) >= 11 is 0. The molecule has 0 fully saturated rings. The fraction of sp³-hybridized carbons (Fsp3) is 0.353. The van der Waals surface area contributed by atoms with E-state index in [1.54, 1.807) is 33.8 Å². The summed E-state index contributed by atoms with van der Waals surface area (Å²) in [6.45, 7) is 6.73. The van der Waals surface area contributed by atoms with E-state index in [2.05, 4.69) is 15.5 Å². The number of aryl methyl sites for hydroxylation is 1. The van der Waals surface area contributed by atoms with E-state index in [1.165, 1.54) is 6.07 Å². The van der Waals surface area contributed by atoms with Crippen LogP contribution in [0.2, 0.25) is 0 Å². The number of nitrogens with two attached hydrogens (primary N) is 1. The van der Waals surface area contributed by atoms with Crippen LogP contribution < -0.4 is 11.1 Å². The number of nitrogens with zero attached hydrogens (tertiary/aromatic N) is 2. The molecule has 5 nitrogen and oxygen atoms in total. The lowest BCUT2D eigenvalue weighted by Gasteiger charge is -2.20. The highest BCUT2D eigenvalue weighted by molar-refractivity contribution is 5.98. The van der Waals surface area contributed by atoms with Crippen LogP contribution in [0.5, 0.6) is 0 Å². The predicted octanol–water partition coefficient (Wildman–Crippen LogP) is 4.04. The summed E-state index contributed by atoms with van der Waals surface area (Å²) in [5.74, 6) is -0.206. The number of alkyl halides is 3. The van der Waals surface area contributed by atoms with Gasteiger partial charge in [0.15, 0.2) is 0 Å². The molecule has 2 aromatic rings. The van der Waals surface area contributed by atoms with Gasteiger partial charge in [-0.1, -0.05) is 26.8 Å². The van der Waals surface area contributed by atoms with Crippen LogP contribution in [0.4, 0.5) is 24.7 Å². The number of rotatable bonds is 2. The van der Waals surface area contributed by atoms with E-state index < -0.39 is 23.1 Å². The molecule has 1 aromatic heterocycles. The zero-order valence-corrected chi connectivity index (χ0v) is 14.3. The van der Waals surface area contributed by atoms with Gasteiger partial charge in [0.2, 0.25) is 5.91 Å². The number of halogens is 3. The Morgan fingerprint density at radius 3 is 2.28 bits per heavy atom. The molecule has 25 heavy (non-hydrogen) atoms. The topological polar surface area (TPSA) is 80.9 Å². The van der Waals surface area contributed by atoms with Crippen LogP contribution in [0.3, 0.4) is 0 Å². The van der Waals surface area contributed by atoms with Gasteiger partial charge in [-0.05, 0) is 30.7 Å². The van der Waals surface area contributed by atoms with Crippen molar-refractivity contribution in [3.8, 4) is 11.3 Å². The lowest BCUT2D eigenvalue weighted by Crippen LogP contribution is -2.28. The summed E-state index contributed by atoms with van der Waals surface area (Å²) < 4.78 is 39.1. The van der Waals surface area contributed by atoms with Crippen molar-refractivity contribution >= 4 is 17.4 Å². The molecule has 0 saturated heterocycles. The molecule has 0 radical (unpaired) electrons. The van der Waals surface area contributed by atoms with Crippen molar-refractivity contribution in [3.05, 3.63) is 35.4 Å². The number of nitrogens with one attached hydrogen (secondary N) is 1. The van der Waals surface area contributed by atoms with Gasteiger partial charge in [-0.3, -0.25) is 4.79 Å². The number of anilines is 2. The van der Waals surface area contributed by atoms with Gasteiger partial charge in [0.25, 0.3) is 0 Å². The van der Waals surface area contributed by atoms with Crippen molar-refractivity contribution in [2.24, 2.45) is 5.41 Å². The lowest BCUT2D eigenvalue weighted by atomic mass is 9.94. The number of hydrogen-bond acceptors (Lipinski definition) is 4. The third-order valence-electron chi connectivity index (χ3n) is 3.53. The molecule has 134 valence electrons. The molecule has 1 aromatic carbocycles. The van der Waals surface area contributed by atoms with E-state index in [0.29, 0.717) is 16.8 Å². The van der Waals surface area contributed by atoms with E-state index in [-0.39, 0.29) is 11.5 Å². The van der Waals surface area contributed by atoms with Crippen molar-refractivity contribution in [3.63, 3.8) is 0 Å². The summed E-state index contributed by atoms with van der Waals surface area (Å²) in [7, 11) is 0. The second-order valence-electron chi connectivity index (χ2n) is 6.76. The van der Waals surface area contributed by atoms with Gasteiger partial charge in [-0.2, -0.15) is 13.2 Å². The normalized spacial score (nSPS) is 12.1. The summed E-state index contributed by atoms with van der Waals surface area (Å²) in [5.41, 5.74) is 5.30. The molecule has 1 amide bonds. The monoisotopic (exact) mass is 352 g/mol. The smallest absolute Gasteiger partial charge is 0.382 e. The van der Waals surface area contributed by atoms with Crippen LogP contribution in [0.1, 0.15) is 31.9 Å². The van der Waals surface area contributed by atoms with Crippen molar-refractivity contribution in [1.82, 2.24) is 10.2 Å². The average Bonchev–Trinajstić information content (AvgIpc) is 2.45. The van der Waals surface area contributed by atoms with Crippen molar-refractivity contribution < 1.29 is 18.0 Å². The van der Waals surface area contributed by atoms with Crippen LogP contribution in [-0.4, -0.2) is 16.1 Å². The average molecular weight is 352 g/mol. The largest absolute Gasteiger partial charge is 0.416 e. The predicted molar refractivity (Wildman–Crippen MR) is 89.7 cm³/mol. The molecule has 3 N–H and O–H groups in total. The molecular formula is C17H19F3N4O. The molecule has 0 aliphatic rings. The quantitative estimate of drug-likeness (QED) is 0.855. The molecular weight excluding hydrogens is 333 g/mol. The van der Waals surface area contributed by atoms with Crippen LogP contribution in [-0.2, 0) is 11.0 Å². The summed E-state index contributed by atoms with van der Waals surface area (Å²) in [6, 6.07) is 4.68. The molecule has 0 unspecified atom stereocenters. The summed E-state index contributed by atoms with van der Waals surface area (Å²) in [4.78, 5) is 12.3. The van der Waals surface area contributed by atoms with Crippen LogP contribution >= 0.6 is 0 Å². The van der Waals surface area contributed by atoms with Gasteiger partial charge >= 0.3 is 6.18 Å². The minimum absolute atomic E-state index is 0.0249. The minimum atomic E-state index is -4.53. The van der Waals surface area contributed by atoms with Gasteiger partial charge in [0.05, 0.1) is 16.9 Å². The molecule has 2 rings (SSSR count). The maximum absolute atomic E-state index is 13.0. The fourth-order valence-corrected chi connectivity index (χ4v) is 2.11. The zero-order chi connectivity index (χ0) is 19.0. The Morgan fingerprint density at radius 1 is 1.12 bits per heavy atom. The first-order valence-corrected chi connectivity index (χ1v) is 7.52. The van der Waals surface area contributed by atoms with E-state index in [4.69, 9.17) is 5.73 Å². The number of hydrogen-bond donors (Lipinski definition) is 2. The van der Waals surface area contributed by atoms with Gasteiger partial charge in [-0.15, -0.1) is 10.2 Å². The number of nitrogen functional groups attached to an aromatic ring is 1. The molecule has 0 aliphatic heterocycles. The molecule has 0 spiro atoms. The highest BCUT2D eigenvalue weighted by Crippen LogP contribution is 2.36. The summed E-state index contributed by atoms with van der Waals surface area (Å²) in [5, 5.41) is 10.3. The second-order valence-corrected chi connectivity index (χ2v) is 6.76. The lowest BCUT2D eigenvalue weighted by molar-refractivity contribution is -0.137. The molecule has 0 bridgehead atoms. The third-order valence-corrected chi connectivity index (χ3v) is 3.53. The van der Waals surface area contributed by atoms with E-state index >= 15 is 0 Å². The summed E-state index contributed by atoms with van der Waals surface area (Å²) in [6.07, 6.45) is -4.53. The first-order chi connectivity index (χ1) is 11.4. The highest BCUT2D eigenvalue weighted by atomic mass is 19.4. The minimum Gasteiger partial charge on any atom is -0.382 e. The first-order valence-electron chi connectivity index (χ1n) is 7.52. The molecule has 1 heterocycles. The maximum atomic E-state index is 13.0. The van der Waals surface area contributed by atoms with Crippen LogP contribution in [0.25, 0.3) is 11.3 Å². The third kappa shape index (κ3) is 4.26. The van der Waals surface area contributed by atoms with Gasteiger partial charge in [0.1, 0.15) is 5.82 Å². The fourth-order valence-electron chi connectivity index (χ4n) is 2.11. The molecule has 0 saturated carbocycles. The Kier molecular flexibility index (Phi) is 4.74. The van der Waals surface area contributed by atoms with Gasteiger partial charge in [-0.25, -0.2) is 0 Å². The Bertz CT molecular complexity index is 811. The van der Waals surface area contributed by atoms with Gasteiger partial charge in [0, 0.05) is 11.0 Å². The second kappa shape index (κ2) is 6.34. The van der Waals surface area contributed by atoms with Crippen molar-refractivity contribution in [1.29, 1.82) is 0 Å². The van der Waals surface area contributed by atoms with E-state index in [0.717, 1.165) is 12.1 Å². The molecule has 0 atom stereocenters. The van der Waals surface area contributed by atoms with Crippen LogP contribution in [0, 0.1) is 12.3 Å². The van der Waals surface area contributed by atoms with E-state index in [1.807, 2.05) is 0 Å². The Balaban J connectivity index is 2.60. The number of aromatic nitrogens is 2. The maximum Gasteiger partial charge on any atom is 0.416 e. The number of benzene rings is 1.